The number of nitrogens with zero attached hydrogens (tertiary/aromatic N) is 1. The number of hydrogen-bond donors (Lipinski definition) is 1. The van der Waals surface area contributed by atoms with Crippen molar-refractivity contribution in [3.8, 4) is 11.3 Å². The summed E-state index contributed by atoms with van der Waals surface area (Å²) in [6, 6.07) is 28.6. The molecule has 2 heteroatoms. The summed E-state index contributed by atoms with van der Waals surface area (Å²) in [5, 5.41) is 0. The zero-order chi connectivity index (χ0) is 22.4. The van der Waals surface area contributed by atoms with Crippen molar-refractivity contribution in [1.29, 1.82) is 0 Å². The van der Waals surface area contributed by atoms with Crippen LogP contribution in [-0.4, -0.2) is 9.88 Å². The van der Waals surface area contributed by atoms with Crippen molar-refractivity contribution in [2.45, 2.75) is 19.9 Å². The van der Waals surface area contributed by atoms with Crippen molar-refractivity contribution in [3.05, 3.63) is 137 Å². The Labute approximate surface area is 195 Å². The molecule has 2 nitrogen and oxygen atoms in total. The monoisotopic (exact) mass is 426 g/mol. The number of aromatic amines is 1. The first-order valence-electron chi connectivity index (χ1n) is 11.5. The van der Waals surface area contributed by atoms with Crippen LogP contribution in [0.4, 0.5) is 0 Å². The molecule has 4 aromatic rings. The van der Waals surface area contributed by atoms with Crippen LogP contribution in [0.25, 0.3) is 28.6 Å². The minimum absolute atomic E-state index is 0.152. The lowest BCUT2D eigenvalue weighted by Crippen LogP contribution is -2.27. The number of benzene rings is 3. The average molecular weight is 427 g/mol. The van der Waals surface area contributed by atoms with E-state index in [1.807, 2.05) is 6.20 Å². The summed E-state index contributed by atoms with van der Waals surface area (Å²) in [6.45, 7) is 4.34. The molecule has 2 aliphatic rings. The molecule has 1 atom stereocenters. The van der Waals surface area contributed by atoms with Gasteiger partial charge >= 0.3 is 0 Å². The fourth-order valence-electron chi connectivity index (χ4n) is 5.15. The molecule has 0 amide bonds. The van der Waals surface area contributed by atoms with Crippen LogP contribution in [0.5, 0.6) is 0 Å². The first kappa shape index (κ1) is 19.6. The van der Waals surface area contributed by atoms with Crippen molar-refractivity contribution in [2.24, 2.45) is 0 Å². The van der Waals surface area contributed by atoms with Crippen molar-refractivity contribution in [1.82, 2.24) is 9.88 Å². The van der Waals surface area contributed by atoms with Crippen molar-refractivity contribution in [3.63, 3.8) is 0 Å². The third-order valence-corrected chi connectivity index (χ3v) is 6.58. The predicted molar refractivity (Wildman–Crippen MR) is 138 cm³/mol. The van der Waals surface area contributed by atoms with E-state index in [0.29, 0.717) is 0 Å². The lowest BCUT2D eigenvalue weighted by molar-refractivity contribution is 0.453. The third-order valence-electron chi connectivity index (χ3n) is 6.58. The lowest BCUT2D eigenvalue weighted by atomic mass is 9.86. The molecule has 1 unspecified atom stereocenters. The van der Waals surface area contributed by atoms with Gasteiger partial charge in [-0.3, -0.25) is 0 Å². The fraction of sp³-hybridized carbons (Fsp3) is 0.0968. The van der Waals surface area contributed by atoms with E-state index in [0.717, 1.165) is 5.69 Å². The molecular weight excluding hydrogens is 400 g/mol. The Morgan fingerprint density at radius 3 is 2.33 bits per heavy atom. The van der Waals surface area contributed by atoms with E-state index >= 15 is 0 Å². The summed E-state index contributed by atoms with van der Waals surface area (Å²) >= 11 is 0. The second-order valence-electron chi connectivity index (χ2n) is 8.95. The van der Waals surface area contributed by atoms with Crippen LogP contribution in [-0.2, 0) is 0 Å². The molecule has 0 saturated heterocycles. The van der Waals surface area contributed by atoms with Gasteiger partial charge in [-0.1, -0.05) is 77.9 Å². The van der Waals surface area contributed by atoms with Crippen LogP contribution in [0.2, 0.25) is 0 Å². The Morgan fingerprint density at radius 1 is 0.788 bits per heavy atom. The van der Waals surface area contributed by atoms with E-state index in [4.69, 9.17) is 0 Å². The maximum Gasteiger partial charge on any atom is 0.0784 e. The number of allylic oxidation sites excluding steroid dienone is 2. The normalized spacial score (nSPS) is 16.7. The maximum atomic E-state index is 3.39. The third kappa shape index (κ3) is 3.44. The summed E-state index contributed by atoms with van der Waals surface area (Å²) in [5.41, 5.74) is 12.6. The first-order chi connectivity index (χ1) is 16.2. The maximum absolute atomic E-state index is 3.39. The Hall–Kier alpha value is -4.04. The van der Waals surface area contributed by atoms with E-state index in [9.17, 15) is 0 Å². The van der Waals surface area contributed by atoms with Crippen LogP contribution < -0.4 is 0 Å². The largest absolute Gasteiger partial charge is 0.361 e. The van der Waals surface area contributed by atoms with Gasteiger partial charge in [0.2, 0.25) is 0 Å². The van der Waals surface area contributed by atoms with Crippen molar-refractivity contribution < 1.29 is 0 Å². The van der Waals surface area contributed by atoms with Crippen LogP contribution in [0.15, 0.2) is 103 Å². The summed E-state index contributed by atoms with van der Waals surface area (Å²) < 4.78 is 0. The van der Waals surface area contributed by atoms with E-state index < -0.39 is 0 Å². The molecule has 0 fully saturated rings. The number of fused-ring (bicyclic) bond motifs is 3. The Kier molecular flexibility index (Phi) is 4.66. The molecule has 0 bridgehead atoms. The second kappa shape index (κ2) is 7.83. The minimum atomic E-state index is 0.152. The topological polar surface area (TPSA) is 19.0 Å². The molecule has 0 saturated carbocycles. The van der Waals surface area contributed by atoms with Crippen molar-refractivity contribution in [2.75, 3.05) is 0 Å². The van der Waals surface area contributed by atoms with Gasteiger partial charge in [-0.15, -0.1) is 0 Å². The number of aryl methyl sites for hydroxylation is 2. The van der Waals surface area contributed by atoms with Crippen LogP contribution in [0.3, 0.4) is 0 Å². The lowest BCUT2D eigenvalue weighted by Gasteiger charge is -2.39. The molecule has 0 radical (unpaired) electrons. The molecule has 1 aromatic heterocycles. The Balaban J connectivity index is 1.51. The molecule has 160 valence electrons. The Morgan fingerprint density at radius 2 is 1.55 bits per heavy atom. The van der Waals surface area contributed by atoms with Gasteiger partial charge in [-0.05, 0) is 66.5 Å². The van der Waals surface area contributed by atoms with Gasteiger partial charge in [0.15, 0.2) is 0 Å². The predicted octanol–water partition coefficient (Wildman–Crippen LogP) is 7.76. The molecular formula is C31H26N2. The van der Waals surface area contributed by atoms with E-state index in [2.05, 4.69) is 127 Å². The number of rotatable bonds is 3. The molecule has 6 rings (SSSR count). The number of aromatic nitrogens is 1. The smallest absolute Gasteiger partial charge is 0.0784 e. The summed E-state index contributed by atoms with van der Waals surface area (Å²) in [5.74, 6) is 0. The Bertz CT molecular complexity index is 1410. The highest BCUT2D eigenvalue weighted by atomic mass is 15.2. The van der Waals surface area contributed by atoms with Gasteiger partial charge in [0, 0.05) is 29.2 Å². The number of H-pyrrole nitrogens is 1. The SMILES string of the molecule is Cc1cc(C)cc(C2=CC3c4ccccc4C=C(c4ccccc4-c4ccc[nH]4)N3C=C2)c1. The summed E-state index contributed by atoms with van der Waals surface area (Å²) in [7, 11) is 0. The zero-order valence-electron chi connectivity index (χ0n) is 18.9. The van der Waals surface area contributed by atoms with Gasteiger partial charge in [-0.25, -0.2) is 0 Å². The molecule has 2 aliphatic heterocycles. The number of nitrogens with one attached hydrogen (secondary N) is 1. The van der Waals surface area contributed by atoms with Gasteiger partial charge < -0.3 is 9.88 Å². The van der Waals surface area contributed by atoms with Crippen LogP contribution >= 0.6 is 0 Å². The van der Waals surface area contributed by atoms with Crippen molar-refractivity contribution >= 4 is 17.3 Å². The molecule has 3 heterocycles. The summed E-state index contributed by atoms with van der Waals surface area (Å²) in [4.78, 5) is 5.80. The average Bonchev–Trinajstić information content (AvgIpc) is 3.37. The first-order valence-corrected chi connectivity index (χ1v) is 11.5. The molecule has 0 spiro atoms. The minimum Gasteiger partial charge on any atom is -0.361 e. The summed E-state index contributed by atoms with van der Waals surface area (Å²) in [6.07, 6.45) is 11.2. The highest BCUT2D eigenvalue weighted by molar-refractivity contribution is 5.91. The van der Waals surface area contributed by atoms with Gasteiger partial charge in [0.1, 0.15) is 0 Å². The van der Waals surface area contributed by atoms with E-state index in [1.165, 1.54) is 50.2 Å². The van der Waals surface area contributed by atoms with E-state index in [1.54, 1.807) is 0 Å². The van der Waals surface area contributed by atoms with Gasteiger partial charge in [0.05, 0.1) is 11.7 Å². The van der Waals surface area contributed by atoms with Gasteiger partial charge in [-0.2, -0.15) is 0 Å². The fourth-order valence-corrected chi connectivity index (χ4v) is 5.15. The van der Waals surface area contributed by atoms with Crippen LogP contribution in [0, 0.1) is 13.8 Å². The molecule has 3 aromatic carbocycles. The molecule has 0 aliphatic carbocycles. The zero-order valence-corrected chi connectivity index (χ0v) is 18.9. The van der Waals surface area contributed by atoms with E-state index in [-0.39, 0.29) is 6.04 Å². The standard InChI is InChI=1S/C31H26N2/c1-21-16-22(2)18-25(17-21)23-13-15-33-30(19-23)26-9-4-3-8-24(26)20-31(33)28-11-6-5-10-27(28)29-12-7-14-32-29/h3-20,30,32H,1-2H3. The highest BCUT2D eigenvalue weighted by Gasteiger charge is 2.30. The second-order valence-corrected chi connectivity index (χ2v) is 8.95. The highest BCUT2D eigenvalue weighted by Crippen LogP contribution is 2.45. The quantitative estimate of drug-likeness (QED) is 0.355. The molecule has 33 heavy (non-hydrogen) atoms. The number of hydrogen-bond acceptors (Lipinski definition) is 1. The molecule has 1 N–H and O–H groups in total. The van der Waals surface area contributed by atoms with Crippen LogP contribution in [0.1, 0.15) is 39.4 Å². The van der Waals surface area contributed by atoms with Gasteiger partial charge in [0.25, 0.3) is 0 Å².